The summed E-state index contributed by atoms with van der Waals surface area (Å²) in [6, 6.07) is 5.73. The molecule has 8 nitrogen and oxygen atoms in total. The minimum atomic E-state index is -0.917. The number of carbonyl (C=O) groups excluding carboxylic acids is 4. The van der Waals surface area contributed by atoms with E-state index in [-0.39, 0.29) is 11.8 Å². The molecule has 0 saturated carbocycles. The molecule has 154 valence electrons. The zero-order chi connectivity index (χ0) is 20.9. The Hall–Kier alpha value is -2.74. The highest BCUT2D eigenvalue weighted by atomic mass is 16.8. The van der Waals surface area contributed by atoms with Crippen LogP contribution < -0.4 is 0 Å². The Kier molecular flexibility index (Phi) is 4.90. The van der Waals surface area contributed by atoms with Gasteiger partial charge >= 0.3 is 23.9 Å². The van der Waals surface area contributed by atoms with E-state index in [1.807, 2.05) is 25.1 Å². The minimum absolute atomic E-state index is 0.227. The quantitative estimate of drug-likeness (QED) is 0.430. The highest BCUT2D eigenvalue weighted by Crippen LogP contribution is 2.52. The van der Waals surface area contributed by atoms with Crippen molar-refractivity contribution in [3.05, 3.63) is 34.9 Å². The summed E-state index contributed by atoms with van der Waals surface area (Å²) in [5, 5.41) is 0. The normalized spacial score (nSPS) is 32.9. The molecule has 2 saturated heterocycles. The van der Waals surface area contributed by atoms with Crippen molar-refractivity contribution in [3.8, 4) is 0 Å². The zero-order valence-electron chi connectivity index (χ0n) is 16.4. The Morgan fingerprint density at radius 2 is 1.69 bits per heavy atom. The summed E-state index contributed by atoms with van der Waals surface area (Å²) in [6.45, 7) is 4.50. The first-order valence-electron chi connectivity index (χ1n) is 9.60. The fraction of sp³-hybridized carbons (Fsp3) is 0.524. The van der Waals surface area contributed by atoms with Crippen LogP contribution in [0.3, 0.4) is 0 Å². The average Bonchev–Trinajstić information content (AvgIpc) is 3.13. The molecule has 29 heavy (non-hydrogen) atoms. The van der Waals surface area contributed by atoms with Gasteiger partial charge in [0.2, 0.25) is 12.6 Å². The lowest BCUT2D eigenvalue weighted by Crippen LogP contribution is -2.34. The summed E-state index contributed by atoms with van der Waals surface area (Å²) >= 11 is 0. The van der Waals surface area contributed by atoms with Crippen molar-refractivity contribution in [1.82, 2.24) is 0 Å². The molecule has 6 unspecified atom stereocenters. The zero-order valence-corrected chi connectivity index (χ0v) is 16.4. The molecule has 4 rings (SSSR count). The SMILES string of the molecule is CC(=O)OC1CC(C2CC3C(=O)OC(=O)C3c3ccc(C)cc32)C(OC(C)=O)O1. The van der Waals surface area contributed by atoms with E-state index in [4.69, 9.17) is 18.9 Å². The van der Waals surface area contributed by atoms with Gasteiger partial charge in [-0.3, -0.25) is 19.2 Å². The first kappa shape index (κ1) is 19.6. The monoisotopic (exact) mass is 402 g/mol. The highest BCUT2D eigenvalue weighted by Gasteiger charge is 2.54. The number of fused-ring (bicyclic) bond motifs is 3. The third kappa shape index (κ3) is 3.53. The largest absolute Gasteiger partial charge is 0.436 e. The predicted molar refractivity (Wildman–Crippen MR) is 96.2 cm³/mol. The van der Waals surface area contributed by atoms with E-state index in [0.717, 1.165) is 16.7 Å². The fourth-order valence-electron chi connectivity index (χ4n) is 4.75. The standard InChI is InChI=1S/C21H22O8/c1-9-4-5-12-13(6-9)14(7-16-18(12)20(25)29-19(16)24)15-8-17(26-10(2)22)28-21(15)27-11(3)23/h4-6,14-18,21H,7-8H2,1-3H3. The number of benzene rings is 1. The van der Waals surface area contributed by atoms with Gasteiger partial charge in [-0.05, 0) is 30.4 Å². The van der Waals surface area contributed by atoms with Gasteiger partial charge in [0.25, 0.3) is 0 Å². The molecule has 0 spiro atoms. The van der Waals surface area contributed by atoms with Crippen LogP contribution in [0.25, 0.3) is 0 Å². The lowest BCUT2D eigenvalue weighted by molar-refractivity contribution is -0.212. The third-order valence-corrected chi connectivity index (χ3v) is 5.84. The van der Waals surface area contributed by atoms with E-state index in [0.29, 0.717) is 12.8 Å². The Bertz CT molecular complexity index is 891. The Morgan fingerprint density at radius 3 is 2.38 bits per heavy atom. The number of rotatable bonds is 3. The van der Waals surface area contributed by atoms with Crippen molar-refractivity contribution in [2.75, 3.05) is 0 Å². The maximum atomic E-state index is 12.3. The minimum Gasteiger partial charge on any atom is -0.436 e. The van der Waals surface area contributed by atoms with Gasteiger partial charge in [-0.25, -0.2) is 0 Å². The first-order valence-corrected chi connectivity index (χ1v) is 9.60. The van der Waals surface area contributed by atoms with Gasteiger partial charge in [-0.1, -0.05) is 23.8 Å². The van der Waals surface area contributed by atoms with Crippen molar-refractivity contribution in [2.24, 2.45) is 11.8 Å². The molecule has 2 heterocycles. The Labute approximate surface area is 167 Å². The Morgan fingerprint density at radius 1 is 0.966 bits per heavy atom. The lowest BCUT2D eigenvalue weighted by Gasteiger charge is -2.35. The topological polar surface area (TPSA) is 105 Å². The second-order valence-corrected chi connectivity index (χ2v) is 7.85. The van der Waals surface area contributed by atoms with Crippen LogP contribution in [0.15, 0.2) is 18.2 Å². The summed E-state index contributed by atoms with van der Waals surface area (Å²) in [4.78, 5) is 47.6. The molecule has 0 bridgehead atoms. The smallest absolute Gasteiger partial charge is 0.321 e. The maximum absolute atomic E-state index is 12.3. The molecule has 8 heteroatoms. The summed E-state index contributed by atoms with van der Waals surface area (Å²) in [5.74, 6) is -3.85. The van der Waals surface area contributed by atoms with E-state index in [9.17, 15) is 19.2 Å². The van der Waals surface area contributed by atoms with Crippen LogP contribution in [0.2, 0.25) is 0 Å². The molecule has 0 aromatic heterocycles. The number of aryl methyl sites for hydroxylation is 1. The van der Waals surface area contributed by atoms with E-state index < -0.39 is 48.3 Å². The van der Waals surface area contributed by atoms with Gasteiger partial charge in [0.15, 0.2) is 0 Å². The van der Waals surface area contributed by atoms with Gasteiger partial charge in [0.05, 0.1) is 11.8 Å². The van der Waals surface area contributed by atoms with Crippen molar-refractivity contribution >= 4 is 23.9 Å². The summed E-state index contributed by atoms with van der Waals surface area (Å²) in [7, 11) is 0. The van der Waals surface area contributed by atoms with Gasteiger partial charge in [0.1, 0.15) is 0 Å². The number of esters is 4. The van der Waals surface area contributed by atoms with Crippen LogP contribution >= 0.6 is 0 Å². The van der Waals surface area contributed by atoms with E-state index in [1.165, 1.54) is 13.8 Å². The second-order valence-electron chi connectivity index (χ2n) is 7.85. The summed E-state index contributed by atoms with van der Waals surface area (Å²) in [6.07, 6.45) is -1.08. The van der Waals surface area contributed by atoms with Crippen molar-refractivity contribution in [2.45, 2.75) is 58.0 Å². The van der Waals surface area contributed by atoms with Gasteiger partial charge in [-0.15, -0.1) is 0 Å². The molecule has 0 radical (unpaired) electrons. The molecular formula is C21H22O8. The number of hydrogen-bond acceptors (Lipinski definition) is 8. The molecule has 2 aliphatic heterocycles. The van der Waals surface area contributed by atoms with Crippen LogP contribution in [-0.2, 0) is 38.1 Å². The molecule has 2 fully saturated rings. The number of hydrogen-bond donors (Lipinski definition) is 0. The molecule has 1 aromatic carbocycles. The van der Waals surface area contributed by atoms with Crippen LogP contribution in [0, 0.1) is 18.8 Å². The van der Waals surface area contributed by atoms with Crippen molar-refractivity contribution in [1.29, 1.82) is 0 Å². The number of cyclic esters (lactones) is 2. The molecule has 1 aliphatic carbocycles. The van der Waals surface area contributed by atoms with Crippen LogP contribution in [0.5, 0.6) is 0 Å². The molecular weight excluding hydrogens is 380 g/mol. The summed E-state index contributed by atoms with van der Waals surface area (Å²) in [5.41, 5.74) is 2.67. The predicted octanol–water partition coefficient (Wildman–Crippen LogP) is 2.08. The van der Waals surface area contributed by atoms with Gasteiger partial charge in [0, 0.05) is 26.2 Å². The van der Waals surface area contributed by atoms with Crippen LogP contribution in [0.4, 0.5) is 0 Å². The van der Waals surface area contributed by atoms with Crippen LogP contribution in [0.1, 0.15) is 55.2 Å². The van der Waals surface area contributed by atoms with Crippen molar-refractivity contribution < 1.29 is 38.1 Å². The van der Waals surface area contributed by atoms with E-state index >= 15 is 0 Å². The number of ether oxygens (including phenoxy) is 4. The second kappa shape index (κ2) is 7.26. The van der Waals surface area contributed by atoms with E-state index in [1.54, 1.807) is 0 Å². The molecule has 6 atom stereocenters. The van der Waals surface area contributed by atoms with Crippen molar-refractivity contribution in [3.63, 3.8) is 0 Å². The van der Waals surface area contributed by atoms with Crippen LogP contribution in [-0.4, -0.2) is 36.5 Å². The Balaban J connectivity index is 1.73. The highest BCUT2D eigenvalue weighted by molar-refractivity contribution is 6.00. The molecule has 0 amide bonds. The average molecular weight is 402 g/mol. The van der Waals surface area contributed by atoms with Gasteiger partial charge < -0.3 is 18.9 Å². The molecule has 1 aromatic rings. The van der Waals surface area contributed by atoms with E-state index in [2.05, 4.69) is 0 Å². The fourth-order valence-corrected chi connectivity index (χ4v) is 4.75. The lowest BCUT2D eigenvalue weighted by atomic mass is 9.66. The summed E-state index contributed by atoms with van der Waals surface area (Å²) < 4.78 is 21.1. The third-order valence-electron chi connectivity index (χ3n) is 5.84. The first-order chi connectivity index (χ1) is 13.7. The number of carbonyl (C=O) groups is 4. The maximum Gasteiger partial charge on any atom is 0.321 e. The van der Waals surface area contributed by atoms with Gasteiger partial charge in [-0.2, -0.15) is 0 Å². The molecule has 0 N–H and O–H groups in total. The molecule has 3 aliphatic rings.